The van der Waals surface area contributed by atoms with Crippen molar-refractivity contribution in [3.63, 3.8) is 0 Å². The van der Waals surface area contributed by atoms with Crippen LogP contribution < -0.4 is 21.3 Å². The fourth-order valence-corrected chi connectivity index (χ4v) is 9.62. The number of carbonyl (C=O) groups is 2. The van der Waals surface area contributed by atoms with E-state index in [2.05, 4.69) is 89.2 Å². The lowest BCUT2D eigenvalue weighted by Crippen LogP contribution is -2.40. The molecule has 73 heavy (non-hydrogen) atoms. The molecule has 4 N–H and O–H groups in total. The number of piperidine rings is 1. The quantitative estimate of drug-likeness (QED) is 0.100. The van der Waals surface area contributed by atoms with E-state index in [1.54, 1.807) is 23.8 Å². The summed E-state index contributed by atoms with van der Waals surface area (Å²) in [4.78, 5) is 69.9. The van der Waals surface area contributed by atoms with E-state index in [1.165, 1.54) is 25.6 Å². The predicted octanol–water partition coefficient (Wildman–Crippen LogP) is 8.32. The van der Waals surface area contributed by atoms with E-state index in [1.807, 2.05) is 90.1 Å². The number of anilines is 6. The zero-order valence-corrected chi connectivity index (χ0v) is 40.6. The van der Waals surface area contributed by atoms with Gasteiger partial charge in [-0.15, -0.1) is 11.6 Å². The molecular formula is C54H51ClN16O2. The average Bonchev–Trinajstić information content (AvgIpc) is 4.22. The van der Waals surface area contributed by atoms with Gasteiger partial charge in [0.15, 0.2) is 0 Å². The molecule has 18 nitrogen and oxygen atoms in total. The normalized spacial score (nSPS) is 14.6. The van der Waals surface area contributed by atoms with Crippen molar-refractivity contribution in [2.24, 2.45) is 0 Å². The monoisotopic (exact) mass is 990 g/mol. The van der Waals surface area contributed by atoms with E-state index < -0.39 is 0 Å². The first-order valence-electron chi connectivity index (χ1n) is 24.3. The molecule has 19 heteroatoms. The Hall–Kier alpha value is -8.32. The number of para-hydroxylation sites is 3. The molecule has 6 aromatic heterocycles. The molecule has 0 radical (unpaired) electrons. The lowest BCUT2D eigenvalue weighted by molar-refractivity contribution is -0.133. The molecule has 0 bridgehead atoms. The van der Waals surface area contributed by atoms with Gasteiger partial charge in [0, 0.05) is 45.9 Å². The molecule has 0 unspecified atom stereocenters. The summed E-state index contributed by atoms with van der Waals surface area (Å²) in [6.07, 6.45) is 13.7. The van der Waals surface area contributed by atoms with Gasteiger partial charge in [-0.25, -0.2) is 29.9 Å². The van der Waals surface area contributed by atoms with Gasteiger partial charge in [0.1, 0.15) is 42.3 Å². The van der Waals surface area contributed by atoms with Gasteiger partial charge in [0.05, 0.1) is 102 Å². The molecular weight excluding hydrogens is 940 g/mol. The van der Waals surface area contributed by atoms with Crippen molar-refractivity contribution in [2.45, 2.75) is 58.5 Å². The van der Waals surface area contributed by atoms with Crippen molar-refractivity contribution < 1.29 is 9.59 Å². The van der Waals surface area contributed by atoms with Crippen LogP contribution in [0.15, 0.2) is 129 Å². The number of hydrogen-bond acceptors (Lipinski definition) is 16. The van der Waals surface area contributed by atoms with Crippen LogP contribution in [0.4, 0.5) is 34.5 Å². The van der Waals surface area contributed by atoms with E-state index in [0.717, 1.165) is 121 Å². The number of pyridine rings is 3. The standard InChI is InChI=1S/C22H24N6O.C17H14ClN5O.C15H13N5/c29-21(14-27-8-4-1-5-9-27)28-12-18-20(13-28)24-15-25-22(18)26-17-10-16-6-2-3-7-19(16)23-11-17;18-6-16(24)23-8-13-15(9-23)20-10-21-17(13)22-12-5-11-3-1-2-4-14(11)19-7-12;1-2-4-13-10(3-1)5-11(6-17-13)20-15-12-7-16-8-14(12)18-9-19-15/h2-3,6-7,10-11,15H,1,4-5,8-9,12-14H2,(H,24,25,26);1-5,7,10H,6,8-9H2,(H,20,21,22);1-6,9,16H,7-8H2,(H,18,19,20). The Kier molecular flexibility index (Phi) is 13.9. The minimum Gasteiger partial charge on any atom is -0.339 e. The third kappa shape index (κ3) is 10.8. The van der Waals surface area contributed by atoms with Gasteiger partial charge in [-0.3, -0.25) is 29.4 Å². The van der Waals surface area contributed by atoms with Gasteiger partial charge in [-0.05, 0) is 62.3 Å². The number of amides is 2. The number of alkyl halides is 1. The third-order valence-corrected chi connectivity index (χ3v) is 13.5. The van der Waals surface area contributed by atoms with Crippen LogP contribution in [0.25, 0.3) is 32.7 Å². The number of aromatic nitrogens is 9. The van der Waals surface area contributed by atoms with Gasteiger partial charge in [-0.1, -0.05) is 61.0 Å². The Balaban J connectivity index is 0.000000120. The molecule has 0 atom stereocenters. The number of hydrogen-bond donors (Lipinski definition) is 4. The SMILES string of the molecule is O=C(CCl)N1Cc2ncnc(Nc3cnc4ccccc4c3)c2C1.O=C(CN1CCCCC1)N1Cc2ncnc(Nc3cnc4ccccc4c3)c2C1.c1ccc2ncc(Nc3ncnc4c3CNC4)cc2c1. The first-order valence-corrected chi connectivity index (χ1v) is 24.8. The second-order valence-corrected chi connectivity index (χ2v) is 18.4. The highest BCUT2D eigenvalue weighted by molar-refractivity contribution is 6.27. The summed E-state index contributed by atoms with van der Waals surface area (Å²) in [5.41, 5.74) is 11.4. The summed E-state index contributed by atoms with van der Waals surface area (Å²) in [5.74, 6) is 2.34. The molecule has 2 amide bonds. The molecule has 1 saturated heterocycles. The van der Waals surface area contributed by atoms with Crippen molar-refractivity contribution in [1.29, 1.82) is 0 Å². The second-order valence-electron chi connectivity index (χ2n) is 18.1. The Morgan fingerprint density at radius 3 is 1.41 bits per heavy atom. The topological polar surface area (TPSA) is 208 Å². The van der Waals surface area contributed by atoms with Crippen molar-refractivity contribution in [3.8, 4) is 0 Å². The van der Waals surface area contributed by atoms with Gasteiger partial charge >= 0.3 is 0 Å². The Morgan fingerprint density at radius 2 is 0.932 bits per heavy atom. The summed E-state index contributed by atoms with van der Waals surface area (Å²) in [6.45, 7) is 6.18. The fraction of sp³-hybridized carbons (Fsp3) is 0.241. The maximum Gasteiger partial charge on any atom is 0.238 e. The molecule has 1 fully saturated rings. The van der Waals surface area contributed by atoms with E-state index in [9.17, 15) is 9.59 Å². The second kappa shape index (κ2) is 21.6. The van der Waals surface area contributed by atoms with Crippen LogP contribution in [0.1, 0.15) is 53.0 Å². The van der Waals surface area contributed by atoms with Gasteiger partial charge < -0.3 is 31.1 Å². The number of halogens is 1. The van der Waals surface area contributed by atoms with Gasteiger partial charge in [-0.2, -0.15) is 0 Å². The Labute approximate surface area is 425 Å². The number of nitrogens with zero attached hydrogens (tertiary/aromatic N) is 12. The molecule has 0 aliphatic carbocycles. The molecule has 0 spiro atoms. The minimum absolute atomic E-state index is 0.0290. The summed E-state index contributed by atoms with van der Waals surface area (Å²) in [6, 6.07) is 30.2. The highest BCUT2D eigenvalue weighted by Gasteiger charge is 2.30. The van der Waals surface area contributed by atoms with Crippen molar-refractivity contribution >= 4 is 90.6 Å². The summed E-state index contributed by atoms with van der Waals surface area (Å²) in [7, 11) is 0. The van der Waals surface area contributed by atoms with E-state index in [-0.39, 0.29) is 17.7 Å². The first-order chi connectivity index (χ1) is 35.9. The third-order valence-electron chi connectivity index (χ3n) is 13.3. The smallest absolute Gasteiger partial charge is 0.238 e. The molecule has 4 aliphatic rings. The maximum atomic E-state index is 12.8. The molecule has 366 valence electrons. The highest BCUT2D eigenvalue weighted by Crippen LogP contribution is 2.31. The number of carbonyl (C=O) groups excluding carboxylic acids is 2. The molecule has 13 rings (SSSR count). The number of likely N-dealkylation sites (tertiary alicyclic amines) is 1. The van der Waals surface area contributed by atoms with Crippen LogP contribution in [0.3, 0.4) is 0 Å². The van der Waals surface area contributed by atoms with Crippen molar-refractivity contribution in [3.05, 3.63) is 162 Å². The number of rotatable bonds is 9. The van der Waals surface area contributed by atoms with E-state index in [0.29, 0.717) is 38.5 Å². The average molecular weight is 992 g/mol. The van der Waals surface area contributed by atoms with Crippen molar-refractivity contribution in [2.75, 3.05) is 41.5 Å². The summed E-state index contributed by atoms with van der Waals surface area (Å²) < 4.78 is 0. The Bertz CT molecular complexity index is 3480. The fourth-order valence-electron chi connectivity index (χ4n) is 9.45. The number of nitrogens with one attached hydrogen (secondary N) is 4. The molecule has 4 aliphatic heterocycles. The lowest BCUT2D eigenvalue weighted by Gasteiger charge is -2.27. The zero-order valence-electron chi connectivity index (χ0n) is 39.9. The number of benzene rings is 3. The van der Waals surface area contributed by atoms with Crippen LogP contribution in [0.5, 0.6) is 0 Å². The molecule has 10 heterocycles. The molecule has 3 aromatic carbocycles. The van der Waals surface area contributed by atoms with E-state index >= 15 is 0 Å². The molecule has 9 aromatic rings. The maximum absolute atomic E-state index is 12.8. The van der Waals surface area contributed by atoms with E-state index in [4.69, 9.17) is 11.6 Å². The Morgan fingerprint density at radius 1 is 0.493 bits per heavy atom. The van der Waals surface area contributed by atoms with Crippen LogP contribution >= 0.6 is 11.6 Å². The van der Waals surface area contributed by atoms with Crippen LogP contribution in [0.2, 0.25) is 0 Å². The number of fused-ring (bicyclic) bond motifs is 6. The lowest BCUT2D eigenvalue weighted by atomic mass is 10.1. The largest absolute Gasteiger partial charge is 0.339 e. The van der Waals surface area contributed by atoms with Crippen molar-refractivity contribution in [1.82, 2.24) is 64.9 Å². The summed E-state index contributed by atoms with van der Waals surface area (Å²) in [5, 5.41) is 16.5. The van der Waals surface area contributed by atoms with Crippen LogP contribution in [-0.4, -0.2) is 96.9 Å². The predicted molar refractivity (Wildman–Crippen MR) is 281 cm³/mol. The first kappa shape index (κ1) is 47.0. The minimum atomic E-state index is -0.104. The van der Waals surface area contributed by atoms with Gasteiger partial charge in [0.25, 0.3) is 0 Å². The van der Waals surface area contributed by atoms with Crippen LogP contribution in [0, 0.1) is 0 Å². The summed E-state index contributed by atoms with van der Waals surface area (Å²) >= 11 is 5.65. The van der Waals surface area contributed by atoms with Crippen LogP contribution in [-0.2, 0) is 48.9 Å². The zero-order chi connectivity index (χ0) is 49.5. The molecule has 0 saturated carbocycles. The van der Waals surface area contributed by atoms with Gasteiger partial charge in [0.2, 0.25) is 11.8 Å². The highest BCUT2D eigenvalue weighted by atomic mass is 35.5.